The number of carbonyl (C=O) groups is 2. The van der Waals surface area contributed by atoms with Crippen LogP contribution in [-0.4, -0.2) is 88.0 Å². The van der Waals surface area contributed by atoms with Gasteiger partial charge >= 0.3 is 0 Å². The standard InChI is InChI=1S/C25H31ClN6O4S/c1-16(2)30-7-5-17(6-8-30)27-24(33)19-14-20(25(34)31-9-11-35-12-10-31)32(28-19)15-18-13-21(36-29-18)22-3-4-23(26)37-22/h3-4,13-14,16-17H,5-12,15H2,1-2H3,(H,27,33). The number of amides is 2. The lowest BCUT2D eigenvalue weighted by Crippen LogP contribution is -2.46. The average Bonchev–Trinajstić information content (AvgIpc) is 3.65. The first-order chi connectivity index (χ1) is 17.9. The molecule has 198 valence electrons. The van der Waals surface area contributed by atoms with Gasteiger partial charge in [-0.05, 0) is 38.8 Å². The van der Waals surface area contributed by atoms with E-state index in [9.17, 15) is 9.59 Å². The van der Waals surface area contributed by atoms with Crippen molar-refractivity contribution in [1.29, 1.82) is 0 Å². The van der Waals surface area contributed by atoms with Gasteiger partial charge in [0.25, 0.3) is 11.8 Å². The monoisotopic (exact) mass is 546 g/mol. The van der Waals surface area contributed by atoms with Gasteiger partial charge in [-0.25, -0.2) is 0 Å². The Labute approximate surface area is 224 Å². The van der Waals surface area contributed by atoms with Crippen LogP contribution in [0.4, 0.5) is 0 Å². The molecule has 3 aromatic heterocycles. The fourth-order valence-electron chi connectivity index (χ4n) is 4.67. The number of piperidine rings is 1. The maximum absolute atomic E-state index is 13.4. The van der Waals surface area contributed by atoms with Crippen molar-refractivity contribution in [2.45, 2.75) is 45.3 Å². The van der Waals surface area contributed by atoms with Crippen LogP contribution >= 0.6 is 22.9 Å². The van der Waals surface area contributed by atoms with Crippen molar-refractivity contribution in [2.75, 3.05) is 39.4 Å². The van der Waals surface area contributed by atoms with Crippen molar-refractivity contribution in [3.05, 3.63) is 45.7 Å². The van der Waals surface area contributed by atoms with E-state index in [0.717, 1.165) is 30.8 Å². The molecule has 37 heavy (non-hydrogen) atoms. The Hall–Kier alpha value is -2.73. The SMILES string of the molecule is CC(C)N1CCC(NC(=O)c2cc(C(=O)N3CCOCC3)n(Cc3cc(-c4ccc(Cl)s4)on3)n2)CC1. The Morgan fingerprint density at radius 3 is 2.59 bits per heavy atom. The second kappa shape index (κ2) is 11.3. The maximum atomic E-state index is 13.4. The number of ether oxygens (including phenoxy) is 1. The van der Waals surface area contributed by atoms with Gasteiger partial charge < -0.3 is 24.4 Å². The summed E-state index contributed by atoms with van der Waals surface area (Å²) in [7, 11) is 0. The predicted octanol–water partition coefficient (Wildman–Crippen LogP) is 3.38. The van der Waals surface area contributed by atoms with E-state index in [1.165, 1.54) is 16.0 Å². The van der Waals surface area contributed by atoms with Crippen LogP contribution in [0, 0.1) is 0 Å². The molecule has 2 aliphatic rings. The first-order valence-corrected chi connectivity index (χ1v) is 13.8. The quantitative estimate of drug-likeness (QED) is 0.484. The molecule has 2 aliphatic heterocycles. The number of aromatic nitrogens is 3. The molecule has 2 fully saturated rings. The Kier molecular flexibility index (Phi) is 7.94. The molecule has 12 heteroatoms. The highest BCUT2D eigenvalue weighted by atomic mass is 35.5. The summed E-state index contributed by atoms with van der Waals surface area (Å²) in [5, 5.41) is 11.8. The van der Waals surface area contributed by atoms with E-state index in [-0.39, 0.29) is 30.1 Å². The molecule has 0 saturated carbocycles. The molecule has 0 spiro atoms. The van der Waals surface area contributed by atoms with E-state index >= 15 is 0 Å². The zero-order valence-electron chi connectivity index (χ0n) is 21.0. The van der Waals surface area contributed by atoms with Gasteiger partial charge in [0.2, 0.25) is 0 Å². The minimum atomic E-state index is -0.271. The van der Waals surface area contributed by atoms with Gasteiger partial charge in [0.1, 0.15) is 11.4 Å². The second-order valence-electron chi connectivity index (χ2n) is 9.64. The van der Waals surface area contributed by atoms with Crippen LogP contribution in [0.3, 0.4) is 0 Å². The molecule has 3 aromatic rings. The zero-order chi connectivity index (χ0) is 25.9. The third kappa shape index (κ3) is 6.06. The Bertz CT molecular complexity index is 1240. The topological polar surface area (TPSA) is 106 Å². The number of rotatable bonds is 7. The number of likely N-dealkylation sites (tertiary alicyclic amines) is 1. The molecule has 5 rings (SSSR count). The number of nitrogens with one attached hydrogen (secondary N) is 1. The number of hydrogen-bond donors (Lipinski definition) is 1. The Balaban J connectivity index is 1.34. The first kappa shape index (κ1) is 25.9. The molecular formula is C25H31ClN6O4S. The molecule has 2 saturated heterocycles. The zero-order valence-corrected chi connectivity index (χ0v) is 22.6. The summed E-state index contributed by atoms with van der Waals surface area (Å²) in [5.41, 5.74) is 1.15. The molecule has 0 unspecified atom stereocenters. The smallest absolute Gasteiger partial charge is 0.272 e. The first-order valence-electron chi connectivity index (χ1n) is 12.6. The van der Waals surface area contributed by atoms with Crippen LogP contribution in [0.25, 0.3) is 10.6 Å². The van der Waals surface area contributed by atoms with Gasteiger partial charge in [-0.1, -0.05) is 16.8 Å². The molecule has 10 nitrogen and oxygen atoms in total. The van der Waals surface area contributed by atoms with E-state index < -0.39 is 0 Å². The van der Waals surface area contributed by atoms with E-state index in [2.05, 4.69) is 34.3 Å². The summed E-state index contributed by atoms with van der Waals surface area (Å²) in [6.45, 7) is 8.41. The van der Waals surface area contributed by atoms with Crippen molar-refractivity contribution in [3.8, 4) is 10.6 Å². The van der Waals surface area contributed by atoms with E-state index in [1.54, 1.807) is 23.1 Å². The summed E-state index contributed by atoms with van der Waals surface area (Å²) in [5.74, 6) is 0.131. The van der Waals surface area contributed by atoms with Crippen LogP contribution in [0.1, 0.15) is 53.4 Å². The second-order valence-corrected chi connectivity index (χ2v) is 11.4. The van der Waals surface area contributed by atoms with Crippen molar-refractivity contribution in [3.63, 3.8) is 0 Å². The number of morpholine rings is 1. The van der Waals surface area contributed by atoms with Gasteiger partial charge in [0, 0.05) is 50.4 Å². The summed E-state index contributed by atoms with van der Waals surface area (Å²) in [6, 6.07) is 7.63. The Morgan fingerprint density at radius 1 is 1.16 bits per heavy atom. The van der Waals surface area contributed by atoms with Crippen molar-refractivity contribution in [2.24, 2.45) is 0 Å². The van der Waals surface area contributed by atoms with E-state index in [0.29, 0.717) is 53.8 Å². The van der Waals surface area contributed by atoms with Gasteiger partial charge in [0.15, 0.2) is 11.5 Å². The summed E-state index contributed by atoms with van der Waals surface area (Å²) in [6.07, 6.45) is 1.78. The molecule has 0 bridgehead atoms. The van der Waals surface area contributed by atoms with Crippen LogP contribution < -0.4 is 5.32 Å². The largest absolute Gasteiger partial charge is 0.378 e. The number of hydrogen-bond acceptors (Lipinski definition) is 8. The fourth-order valence-corrected chi connectivity index (χ4v) is 5.66. The lowest BCUT2D eigenvalue weighted by Gasteiger charge is -2.34. The van der Waals surface area contributed by atoms with E-state index in [4.69, 9.17) is 20.9 Å². The van der Waals surface area contributed by atoms with Gasteiger partial charge in [0.05, 0.1) is 29.0 Å². The Morgan fingerprint density at radius 2 is 1.92 bits per heavy atom. The van der Waals surface area contributed by atoms with E-state index in [1.807, 2.05) is 6.07 Å². The minimum Gasteiger partial charge on any atom is -0.378 e. The lowest BCUT2D eigenvalue weighted by molar-refractivity contribution is 0.0295. The van der Waals surface area contributed by atoms with Crippen LogP contribution in [0.15, 0.2) is 28.8 Å². The number of carbonyl (C=O) groups excluding carboxylic acids is 2. The van der Waals surface area contributed by atoms with Crippen molar-refractivity contribution < 1.29 is 18.8 Å². The number of thiophene rings is 1. The van der Waals surface area contributed by atoms with Gasteiger partial charge in [-0.2, -0.15) is 5.10 Å². The van der Waals surface area contributed by atoms with Crippen LogP contribution in [-0.2, 0) is 11.3 Å². The van der Waals surface area contributed by atoms with Gasteiger partial charge in [-0.15, -0.1) is 11.3 Å². The number of halogens is 1. The average molecular weight is 547 g/mol. The minimum absolute atomic E-state index is 0.0850. The third-order valence-corrected chi connectivity index (χ3v) is 8.06. The van der Waals surface area contributed by atoms with Crippen LogP contribution in [0.2, 0.25) is 4.34 Å². The highest BCUT2D eigenvalue weighted by molar-refractivity contribution is 7.19. The summed E-state index contributed by atoms with van der Waals surface area (Å²) >= 11 is 7.44. The summed E-state index contributed by atoms with van der Waals surface area (Å²) < 4.78 is 13.1. The van der Waals surface area contributed by atoms with Crippen molar-refractivity contribution in [1.82, 2.24) is 30.1 Å². The molecule has 5 heterocycles. The van der Waals surface area contributed by atoms with Gasteiger partial charge in [-0.3, -0.25) is 14.3 Å². The molecule has 0 atom stereocenters. The molecule has 0 aliphatic carbocycles. The summed E-state index contributed by atoms with van der Waals surface area (Å²) in [4.78, 5) is 31.5. The highest BCUT2D eigenvalue weighted by Gasteiger charge is 2.28. The molecule has 1 N–H and O–H groups in total. The lowest BCUT2D eigenvalue weighted by atomic mass is 10.0. The number of nitrogens with zero attached hydrogens (tertiary/aromatic N) is 5. The molecule has 0 aromatic carbocycles. The maximum Gasteiger partial charge on any atom is 0.272 e. The molecule has 2 amide bonds. The normalized spacial score (nSPS) is 17.5. The fraction of sp³-hybridized carbons (Fsp3) is 0.520. The third-order valence-electron chi connectivity index (χ3n) is 6.81. The highest BCUT2D eigenvalue weighted by Crippen LogP contribution is 2.31. The predicted molar refractivity (Wildman–Crippen MR) is 140 cm³/mol. The van der Waals surface area contributed by atoms with Crippen LogP contribution in [0.5, 0.6) is 0 Å². The van der Waals surface area contributed by atoms with Crippen molar-refractivity contribution >= 4 is 34.8 Å². The molecule has 0 radical (unpaired) electrons. The molecular weight excluding hydrogens is 516 g/mol.